The van der Waals surface area contributed by atoms with Crippen molar-refractivity contribution in [3.05, 3.63) is 64.7 Å². The van der Waals surface area contributed by atoms with Crippen molar-refractivity contribution in [3.63, 3.8) is 0 Å². The second-order valence-electron chi connectivity index (χ2n) is 5.03. The van der Waals surface area contributed by atoms with Crippen LogP contribution in [0.25, 0.3) is 0 Å². The first-order valence-electron chi connectivity index (χ1n) is 6.57. The molecule has 0 saturated carbocycles. The molecule has 0 heterocycles. The average Bonchev–Trinajstić information content (AvgIpc) is 2.41. The van der Waals surface area contributed by atoms with Crippen molar-refractivity contribution >= 4 is 16.2 Å². The van der Waals surface area contributed by atoms with Crippen LogP contribution in [0, 0.1) is 20.8 Å². The Morgan fingerprint density at radius 3 is 2.19 bits per heavy atom. The number of benzene rings is 2. The molecule has 0 aromatic heterocycles. The quantitative estimate of drug-likeness (QED) is 0.697. The number of hydrogen-bond acceptors (Lipinski definition) is 3. The number of aryl methyl sites for hydroxylation is 3. The van der Waals surface area contributed by atoms with Gasteiger partial charge in [0.15, 0.2) is 0 Å². The van der Waals surface area contributed by atoms with Gasteiger partial charge >= 0.3 is 0 Å². The lowest BCUT2D eigenvalue weighted by molar-refractivity contribution is 0.584. The van der Waals surface area contributed by atoms with Crippen LogP contribution in [0.15, 0.2) is 52.5 Å². The number of hydrogen-bond donors (Lipinski definition) is 1. The van der Waals surface area contributed by atoms with Gasteiger partial charge in [-0.3, -0.25) is 0 Å². The molecule has 2 rings (SSSR count). The molecule has 2 aromatic rings. The fourth-order valence-corrected chi connectivity index (χ4v) is 2.70. The van der Waals surface area contributed by atoms with Crippen LogP contribution in [-0.2, 0) is 10.0 Å². The van der Waals surface area contributed by atoms with Gasteiger partial charge < -0.3 is 0 Å². The Kier molecular flexibility index (Phi) is 4.43. The highest BCUT2D eigenvalue weighted by atomic mass is 32.2. The second kappa shape index (κ2) is 6.10. The summed E-state index contributed by atoms with van der Waals surface area (Å²) in [5.74, 6) is 0. The molecule has 5 heteroatoms. The van der Waals surface area contributed by atoms with Crippen LogP contribution < -0.4 is 4.83 Å². The zero-order valence-corrected chi connectivity index (χ0v) is 13.1. The van der Waals surface area contributed by atoms with Gasteiger partial charge in [0.2, 0.25) is 0 Å². The maximum absolute atomic E-state index is 12.0. The first kappa shape index (κ1) is 15.3. The van der Waals surface area contributed by atoms with E-state index in [2.05, 4.69) is 9.93 Å². The Morgan fingerprint density at radius 2 is 1.57 bits per heavy atom. The van der Waals surface area contributed by atoms with E-state index in [1.807, 2.05) is 39.0 Å². The maximum Gasteiger partial charge on any atom is 0.276 e. The summed E-state index contributed by atoms with van der Waals surface area (Å²) >= 11 is 0. The molecule has 110 valence electrons. The summed E-state index contributed by atoms with van der Waals surface area (Å²) in [5, 5.41) is 3.84. The van der Waals surface area contributed by atoms with Crippen molar-refractivity contribution in [2.24, 2.45) is 5.10 Å². The summed E-state index contributed by atoms with van der Waals surface area (Å²) < 4.78 is 24.1. The molecular formula is C16H18N2O2S. The molecule has 0 spiro atoms. The van der Waals surface area contributed by atoms with Gasteiger partial charge in [0, 0.05) is 0 Å². The van der Waals surface area contributed by atoms with Crippen LogP contribution in [0.5, 0.6) is 0 Å². The highest BCUT2D eigenvalue weighted by molar-refractivity contribution is 7.89. The molecule has 0 atom stereocenters. The lowest BCUT2D eigenvalue weighted by Crippen LogP contribution is -2.18. The minimum atomic E-state index is -3.62. The van der Waals surface area contributed by atoms with E-state index in [9.17, 15) is 8.42 Å². The van der Waals surface area contributed by atoms with Crippen molar-refractivity contribution in [1.82, 2.24) is 4.83 Å². The lowest BCUT2D eigenvalue weighted by Gasteiger charge is -2.04. The smallest absolute Gasteiger partial charge is 0.200 e. The van der Waals surface area contributed by atoms with Crippen molar-refractivity contribution in [3.8, 4) is 0 Å². The van der Waals surface area contributed by atoms with Gasteiger partial charge in [0.1, 0.15) is 0 Å². The van der Waals surface area contributed by atoms with Crippen molar-refractivity contribution in [1.29, 1.82) is 0 Å². The average molecular weight is 302 g/mol. The van der Waals surface area contributed by atoms with Crippen LogP contribution in [0.3, 0.4) is 0 Å². The fraction of sp³-hybridized carbons (Fsp3) is 0.188. The van der Waals surface area contributed by atoms with Crippen LogP contribution in [0.4, 0.5) is 0 Å². The van der Waals surface area contributed by atoms with Crippen molar-refractivity contribution in [2.75, 3.05) is 0 Å². The van der Waals surface area contributed by atoms with Gasteiger partial charge in [-0.15, -0.1) is 0 Å². The van der Waals surface area contributed by atoms with Crippen molar-refractivity contribution < 1.29 is 8.42 Å². The molecule has 0 amide bonds. The van der Waals surface area contributed by atoms with Crippen LogP contribution in [0.2, 0.25) is 0 Å². The summed E-state index contributed by atoms with van der Waals surface area (Å²) in [4.78, 5) is 2.43. The largest absolute Gasteiger partial charge is 0.276 e. The number of nitrogens with zero attached hydrogens (tertiary/aromatic N) is 1. The third-order valence-electron chi connectivity index (χ3n) is 3.13. The molecular weight excluding hydrogens is 284 g/mol. The fourth-order valence-electron chi connectivity index (χ4n) is 1.91. The zero-order valence-electron chi connectivity index (χ0n) is 12.3. The van der Waals surface area contributed by atoms with E-state index < -0.39 is 10.0 Å². The molecule has 0 bridgehead atoms. The molecule has 0 unspecified atom stereocenters. The Bertz CT molecular complexity index is 763. The summed E-state index contributed by atoms with van der Waals surface area (Å²) in [6.07, 6.45) is 1.51. The minimum Gasteiger partial charge on any atom is -0.200 e. The second-order valence-corrected chi connectivity index (χ2v) is 6.69. The summed E-state index contributed by atoms with van der Waals surface area (Å²) in [6.45, 7) is 5.87. The molecule has 0 fully saturated rings. The predicted octanol–water partition coefficient (Wildman–Crippen LogP) is 2.92. The van der Waals surface area contributed by atoms with E-state index in [-0.39, 0.29) is 4.90 Å². The molecule has 0 aliphatic carbocycles. The summed E-state index contributed by atoms with van der Waals surface area (Å²) in [5.41, 5.74) is 4.10. The van der Waals surface area contributed by atoms with Crippen molar-refractivity contribution in [2.45, 2.75) is 25.7 Å². The Balaban J connectivity index is 2.14. The van der Waals surface area contributed by atoms with Gasteiger partial charge in [-0.2, -0.15) is 13.5 Å². The summed E-state index contributed by atoms with van der Waals surface area (Å²) in [7, 11) is -3.62. The lowest BCUT2D eigenvalue weighted by atomic mass is 10.1. The normalized spacial score (nSPS) is 11.8. The minimum absolute atomic E-state index is 0.200. The topological polar surface area (TPSA) is 58.5 Å². The molecule has 0 aliphatic heterocycles. The third-order valence-corrected chi connectivity index (χ3v) is 4.37. The Hall–Kier alpha value is -2.14. The highest BCUT2D eigenvalue weighted by Crippen LogP contribution is 2.10. The van der Waals surface area contributed by atoms with E-state index in [4.69, 9.17) is 0 Å². The molecule has 0 aliphatic rings. The number of sulfonamides is 1. The van der Waals surface area contributed by atoms with E-state index in [1.54, 1.807) is 24.3 Å². The van der Waals surface area contributed by atoms with Gasteiger partial charge in [0.25, 0.3) is 10.0 Å². The number of nitrogens with one attached hydrogen (secondary N) is 1. The SMILES string of the molecule is Cc1ccc(S(=O)(=O)N/N=C/c2ccc(C)cc2C)cc1. The van der Waals surface area contributed by atoms with Gasteiger partial charge in [-0.1, -0.05) is 41.5 Å². The van der Waals surface area contributed by atoms with Gasteiger partial charge in [0.05, 0.1) is 11.1 Å². The number of rotatable bonds is 4. The van der Waals surface area contributed by atoms with Crippen LogP contribution >= 0.6 is 0 Å². The Labute approximate surface area is 125 Å². The number of hydrazone groups is 1. The maximum atomic E-state index is 12.0. The third kappa shape index (κ3) is 3.92. The molecule has 4 nitrogen and oxygen atoms in total. The zero-order chi connectivity index (χ0) is 15.5. The molecule has 1 N–H and O–H groups in total. The first-order chi connectivity index (χ1) is 9.88. The first-order valence-corrected chi connectivity index (χ1v) is 8.05. The monoisotopic (exact) mass is 302 g/mol. The standard InChI is InChI=1S/C16H18N2O2S/c1-12-5-8-16(9-6-12)21(19,20)18-17-11-15-7-4-13(2)10-14(15)3/h4-11,18H,1-3H3/b17-11+. The Morgan fingerprint density at radius 1 is 0.952 bits per heavy atom. The molecule has 0 radical (unpaired) electrons. The summed E-state index contributed by atoms with van der Waals surface area (Å²) in [6, 6.07) is 12.5. The molecule has 2 aromatic carbocycles. The highest BCUT2D eigenvalue weighted by Gasteiger charge is 2.11. The molecule has 21 heavy (non-hydrogen) atoms. The van der Waals surface area contributed by atoms with Gasteiger partial charge in [-0.25, -0.2) is 4.83 Å². The predicted molar refractivity (Wildman–Crippen MR) is 85.0 cm³/mol. The van der Waals surface area contributed by atoms with E-state index in [0.29, 0.717) is 0 Å². The van der Waals surface area contributed by atoms with Crippen LogP contribution in [-0.4, -0.2) is 14.6 Å². The molecule has 0 saturated heterocycles. The van der Waals surface area contributed by atoms with Crippen LogP contribution in [0.1, 0.15) is 22.3 Å². The van der Waals surface area contributed by atoms with E-state index in [0.717, 1.165) is 22.3 Å². The van der Waals surface area contributed by atoms with E-state index in [1.165, 1.54) is 6.21 Å². The van der Waals surface area contributed by atoms with E-state index >= 15 is 0 Å². The van der Waals surface area contributed by atoms with Gasteiger partial charge in [-0.05, 0) is 44.0 Å².